The van der Waals surface area contributed by atoms with Crippen molar-refractivity contribution in [1.82, 2.24) is 5.32 Å². The number of benzene rings is 1. The first-order valence-electron chi connectivity index (χ1n) is 7.41. The average Bonchev–Trinajstić information content (AvgIpc) is 2.50. The Kier molecular flexibility index (Phi) is 5.53. The summed E-state index contributed by atoms with van der Waals surface area (Å²) in [5.74, 6) is -0.114. The number of aliphatic hydroxyl groups excluding tert-OH is 1. The highest BCUT2D eigenvalue weighted by Crippen LogP contribution is 2.45. The fourth-order valence-corrected chi connectivity index (χ4v) is 3.69. The zero-order valence-electron chi connectivity index (χ0n) is 12.2. The van der Waals surface area contributed by atoms with Crippen molar-refractivity contribution in [2.75, 3.05) is 13.2 Å². The number of amides is 1. The zero-order chi connectivity index (χ0) is 15.5. The van der Waals surface area contributed by atoms with Crippen LogP contribution in [0.4, 0.5) is 0 Å². The van der Waals surface area contributed by atoms with Crippen LogP contribution in [0, 0.1) is 5.92 Å². The Bertz CT molecular complexity index is 521. The van der Waals surface area contributed by atoms with Crippen molar-refractivity contribution in [3.8, 4) is 0 Å². The summed E-state index contributed by atoms with van der Waals surface area (Å²) in [6, 6.07) is 5.35. The summed E-state index contributed by atoms with van der Waals surface area (Å²) >= 11 is 12.1. The third-order valence-electron chi connectivity index (χ3n) is 4.47. The number of hydrogen-bond donors (Lipinski definition) is 2. The Hall–Kier alpha value is -0.770. The van der Waals surface area contributed by atoms with Crippen molar-refractivity contribution in [2.24, 2.45) is 5.92 Å². The predicted molar refractivity (Wildman–Crippen MR) is 85.9 cm³/mol. The molecule has 1 aliphatic rings. The summed E-state index contributed by atoms with van der Waals surface area (Å²) in [5.41, 5.74) is 0.138. The Morgan fingerprint density at radius 1 is 1.38 bits per heavy atom. The van der Waals surface area contributed by atoms with Crippen LogP contribution in [0.2, 0.25) is 10.0 Å². The second-order valence-corrected chi connectivity index (χ2v) is 6.40. The van der Waals surface area contributed by atoms with E-state index in [0.29, 0.717) is 16.6 Å². The van der Waals surface area contributed by atoms with Crippen molar-refractivity contribution in [3.05, 3.63) is 33.8 Å². The molecule has 5 heteroatoms. The van der Waals surface area contributed by atoms with Crippen molar-refractivity contribution >= 4 is 29.1 Å². The summed E-state index contributed by atoms with van der Waals surface area (Å²) in [5, 5.41) is 13.6. The van der Waals surface area contributed by atoms with Crippen molar-refractivity contribution in [1.29, 1.82) is 0 Å². The number of aliphatic hydroxyl groups is 1. The molecule has 0 bridgehead atoms. The van der Waals surface area contributed by atoms with Crippen LogP contribution in [0.25, 0.3) is 0 Å². The van der Waals surface area contributed by atoms with Crippen molar-refractivity contribution in [2.45, 2.75) is 38.0 Å². The molecular formula is C16H21Cl2NO2. The molecule has 0 radical (unpaired) electrons. The SMILES string of the molecule is CCNC(=O)[C@@]1(c2ccc(Cl)c(Cl)c2)CCCC[C@H]1CO. The molecular weight excluding hydrogens is 309 g/mol. The van der Waals surface area contributed by atoms with Crippen LogP contribution in [-0.2, 0) is 10.2 Å². The standard InChI is InChI=1S/C16H21Cl2NO2/c1-2-19-15(21)16(8-4-3-5-12(16)10-20)11-6-7-13(17)14(18)9-11/h6-7,9,12,20H,2-5,8,10H2,1H3,(H,19,21)/t12-,16+/m0/s1. The Labute approximate surface area is 135 Å². The maximum absolute atomic E-state index is 12.8. The summed E-state index contributed by atoms with van der Waals surface area (Å²) in [4.78, 5) is 12.8. The third-order valence-corrected chi connectivity index (χ3v) is 5.21. The molecule has 1 aliphatic carbocycles. The molecule has 1 aromatic carbocycles. The molecule has 2 N–H and O–H groups in total. The summed E-state index contributed by atoms with van der Waals surface area (Å²) in [6.45, 7) is 2.47. The van der Waals surface area contributed by atoms with E-state index in [1.165, 1.54) is 0 Å². The number of hydrogen-bond acceptors (Lipinski definition) is 2. The van der Waals surface area contributed by atoms with E-state index in [1.807, 2.05) is 13.0 Å². The van der Waals surface area contributed by atoms with Gasteiger partial charge in [0.25, 0.3) is 0 Å². The molecule has 1 saturated carbocycles. The van der Waals surface area contributed by atoms with Gasteiger partial charge >= 0.3 is 0 Å². The van der Waals surface area contributed by atoms with Crippen LogP contribution < -0.4 is 5.32 Å². The van der Waals surface area contributed by atoms with Gasteiger partial charge in [-0.1, -0.05) is 42.1 Å². The zero-order valence-corrected chi connectivity index (χ0v) is 13.7. The summed E-state index contributed by atoms with van der Waals surface area (Å²) < 4.78 is 0. The van der Waals surface area contributed by atoms with Crippen LogP contribution in [0.1, 0.15) is 38.2 Å². The van der Waals surface area contributed by atoms with Gasteiger partial charge in [0.2, 0.25) is 5.91 Å². The van der Waals surface area contributed by atoms with Gasteiger partial charge in [0, 0.05) is 19.1 Å². The van der Waals surface area contributed by atoms with Crippen LogP contribution in [0.5, 0.6) is 0 Å². The number of carbonyl (C=O) groups excluding carboxylic acids is 1. The third kappa shape index (κ3) is 3.05. The van der Waals surface area contributed by atoms with Crippen LogP contribution in [-0.4, -0.2) is 24.2 Å². The van der Waals surface area contributed by atoms with E-state index in [4.69, 9.17) is 23.2 Å². The molecule has 2 atom stereocenters. The van der Waals surface area contributed by atoms with E-state index in [0.717, 1.165) is 31.2 Å². The monoisotopic (exact) mass is 329 g/mol. The number of halogens is 2. The normalized spacial score (nSPS) is 25.6. The molecule has 0 aliphatic heterocycles. The molecule has 1 fully saturated rings. The van der Waals surface area contributed by atoms with E-state index in [2.05, 4.69) is 5.32 Å². The maximum Gasteiger partial charge on any atom is 0.231 e. The molecule has 0 heterocycles. The minimum Gasteiger partial charge on any atom is -0.396 e. The number of likely N-dealkylation sites (N-methyl/N-ethyl adjacent to an activating group) is 1. The minimum atomic E-state index is -0.711. The first-order valence-corrected chi connectivity index (χ1v) is 8.16. The molecule has 0 aromatic heterocycles. The highest BCUT2D eigenvalue weighted by Gasteiger charge is 2.47. The molecule has 3 nitrogen and oxygen atoms in total. The van der Waals surface area contributed by atoms with Gasteiger partial charge in [0.1, 0.15) is 0 Å². The van der Waals surface area contributed by atoms with Gasteiger partial charge < -0.3 is 10.4 Å². The van der Waals surface area contributed by atoms with Gasteiger partial charge in [0.05, 0.1) is 15.5 Å². The lowest BCUT2D eigenvalue weighted by molar-refractivity contribution is -0.131. The summed E-state index contributed by atoms with van der Waals surface area (Å²) in [6.07, 6.45) is 3.57. The van der Waals surface area contributed by atoms with Gasteiger partial charge in [-0.3, -0.25) is 4.79 Å². The highest BCUT2D eigenvalue weighted by atomic mass is 35.5. The van der Waals surface area contributed by atoms with E-state index < -0.39 is 5.41 Å². The van der Waals surface area contributed by atoms with Crippen LogP contribution >= 0.6 is 23.2 Å². The molecule has 2 rings (SSSR count). The Balaban J connectivity index is 2.53. The first kappa shape index (κ1) is 16.6. The van der Waals surface area contributed by atoms with Crippen LogP contribution in [0.15, 0.2) is 18.2 Å². The van der Waals surface area contributed by atoms with Crippen molar-refractivity contribution in [3.63, 3.8) is 0 Å². The first-order chi connectivity index (χ1) is 10.1. The molecule has 21 heavy (non-hydrogen) atoms. The molecule has 1 amide bonds. The van der Waals surface area contributed by atoms with Gasteiger partial charge in [-0.25, -0.2) is 0 Å². The summed E-state index contributed by atoms with van der Waals surface area (Å²) in [7, 11) is 0. The fraction of sp³-hybridized carbons (Fsp3) is 0.562. The molecule has 1 aromatic rings. The van der Waals surface area contributed by atoms with Crippen LogP contribution in [0.3, 0.4) is 0 Å². The average molecular weight is 330 g/mol. The van der Waals surface area contributed by atoms with E-state index in [1.54, 1.807) is 12.1 Å². The second kappa shape index (κ2) is 6.99. The van der Waals surface area contributed by atoms with E-state index in [-0.39, 0.29) is 18.4 Å². The largest absolute Gasteiger partial charge is 0.396 e. The second-order valence-electron chi connectivity index (χ2n) is 5.58. The van der Waals surface area contributed by atoms with E-state index in [9.17, 15) is 9.90 Å². The van der Waals surface area contributed by atoms with Gasteiger partial charge in [-0.05, 0) is 37.5 Å². The van der Waals surface area contributed by atoms with Gasteiger partial charge in [-0.15, -0.1) is 0 Å². The number of rotatable bonds is 4. The number of nitrogens with one attached hydrogen (secondary N) is 1. The van der Waals surface area contributed by atoms with E-state index >= 15 is 0 Å². The fourth-order valence-electron chi connectivity index (χ4n) is 3.39. The minimum absolute atomic E-state index is 0.00260. The Morgan fingerprint density at radius 2 is 2.14 bits per heavy atom. The lowest BCUT2D eigenvalue weighted by atomic mass is 9.62. The molecule has 0 unspecified atom stereocenters. The molecule has 116 valence electrons. The lowest BCUT2D eigenvalue weighted by Gasteiger charge is -2.42. The van der Waals surface area contributed by atoms with Crippen molar-refractivity contribution < 1.29 is 9.90 Å². The molecule has 0 saturated heterocycles. The van der Waals surface area contributed by atoms with Gasteiger partial charge in [0.15, 0.2) is 0 Å². The predicted octanol–water partition coefficient (Wildman–Crippen LogP) is 3.55. The van der Waals surface area contributed by atoms with Gasteiger partial charge in [-0.2, -0.15) is 0 Å². The quantitative estimate of drug-likeness (QED) is 0.887. The smallest absolute Gasteiger partial charge is 0.231 e. The highest BCUT2D eigenvalue weighted by molar-refractivity contribution is 6.42. The Morgan fingerprint density at radius 3 is 2.76 bits per heavy atom. The lowest BCUT2D eigenvalue weighted by Crippen LogP contribution is -2.52. The number of carbonyl (C=O) groups is 1. The molecule has 0 spiro atoms. The topological polar surface area (TPSA) is 49.3 Å². The maximum atomic E-state index is 12.8.